The number of rotatable bonds is 6. The fourth-order valence-corrected chi connectivity index (χ4v) is 3.90. The Balaban J connectivity index is 2.01. The third-order valence-electron chi connectivity index (χ3n) is 4.54. The second kappa shape index (κ2) is 8.93. The lowest BCUT2D eigenvalue weighted by Gasteiger charge is -2.31. The number of amides is 2. The predicted octanol–water partition coefficient (Wildman–Crippen LogP) is 1.21. The van der Waals surface area contributed by atoms with Crippen LogP contribution in [0.5, 0.6) is 0 Å². The number of aliphatic carboxylic acids is 1. The molecule has 1 N–H and O–H groups in total. The zero-order valence-electron chi connectivity index (χ0n) is 15.0. The van der Waals surface area contributed by atoms with E-state index in [4.69, 9.17) is 5.11 Å². The summed E-state index contributed by atoms with van der Waals surface area (Å²) in [5.74, 6) is -1.39. The Hall–Kier alpha value is -2.22. The van der Waals surface area contributed by atoms with Crippen LogP contribution in [-0.4, -0.2) is 69.3 Å². The van der Waals surface area contributed by atoms with Gasteiger partial charge in [-0.3, -0.25) is 18.6 Å². The first-order valence-corrected chi connectivity index (χ1v) is 9.90. The summed E-state index contributed by atoms with van der Waals surface area (Å²) >= 11 is 0. The predicted molar refractivity (Wildman–Crippen MR) is 97.3 cm³/mol. The average molecular weight is 380 g/mol. The second-order valence-corrected chi connectivity index (χ2v) is 7.99. The molecular formula is C18H24N2O5S. The summed E-state index contributed by atoms with van der Waals surface area (Å²) in [4.78, 5) is 39.5. The highest BCUT2D eigenvalue weighted by Gasteiger charge is 2.28. The van der Waals surface area contributed by atoms with E-state index < -0.39 is 22.7 Å². The number of likely N-dealkylation sites (tertiary alicyclic amines) is 1. The summed E-state index contributed by atoms with van der Waals surface area (Å²) in [6.07, 6.45) is 0.855. The van der Waals surface area contributed by atoms with Crippen molar-refractivity contribution in [2.45, 2.75) is 24.7 Å². The largest absolute Gasteiger partial charge is 0.481 e. The van der Waals surface area contributed by atoms with Gasteiger partial charge in [0.15, 0.2) is 0 Å². The van der Waals surface area contributed by atoms with Crippen molar-refractivity contribution < 1.29 is 23.7 Å². The van der Waals surface area contributed by atoms with Gasteiger partial charge in [-0.25, -0.2) is 0 Å². The number of carboxylic acid groups (broad SMARTS) is 1. The smallest absolute Gasteiger partial charge is 0.306 e. The molecule has 0 aromatic heterocycles. The topological polar surface area (TPSA) is 95.0 Å². The van der Waals surface area contributed by atoms with Crippen LogP contribution in [0.4, 0.5) is 0 Å². The van der Waals surface area contributed by atoms with Crippen molar-refractivity contribution in [1.82, 2.24) is 9.80 Å². The van der Waals surface area contributed by atoms with Crippen LogP contribution in [0.15, 0.2) is 29.2 Å². The van der Waals surface area contributed by atoms with Crippen molar-refractivity contribution in [1.29, 1.82) is 0 Å². The van der Waals surface area contributed by atoms with Crippen molar-refractivity contribution in [2.75, 3.05) is 32.4 Å². The molecule has 1 aromatic carbocycles. The molecule has 1 unspecified atom stereocenters. The van der Waals surface area contributed by atoms with Crippen molar-refractivity contribution in [2.24, 2.45) is 5.92 Å². The van der Waals surface area contributed by atoms with Crippen LogP contribution >= 0.6 is 0 Å². The van der Waals surface area contributed by atoms with Gasteiger partial charge in [0.2, 0.25) is 5.91 Å². The number of hydrogen-bond donors (Lipinski definition) is 1. The zero-order valence-corrected chi connectivity index (χ0v) is 15.8. The molecule has 1 heterocycles. The normalized spacial score (nSPS) is 16.2. The SMILES string of the molecule is CCS(=O)c1ccccc1C(=O)N(C)CC(=O)N1CCC(C(=O)O)CC1. The van der Waals surface area contributed by atoms with Gasteiger partial charge in [-0.05, 0) is 25.0 Å². The van der Waals surface area contributed by atoms with E-state index in [0.717, 1.165) is 0 Å². The number of likely N-dealkylation sites (N-methyl/N-ethyl adjacent to an activating group) is 1. The van der Waals surface area contributed by atoms with Crippen LogP contribution < -0.4 is 0 Å². The molecule has 0 aliphatic carbocycles. The van der Waals surface area contributed by atoms with Crippen LogP contribution in [0, 0.1) is 5.92 Å². The molecule has 1 aliphatic heterocycles. The second-order valence-electron chi connectivity index (χ2n) is 6.28. The average Bonchev–Trinajstić information content (AvgIpc) is 2.66. The molecule has 1 atom stereocenters. The van der Waals surface area contributed by atoms with Gasteiger partial charge in [-0.2, -0.15) is 0 Å². The monoisotopic (exact) mass is 380 g/mol. The van der Waals surface area contributed by atoms with E-state index >= 15 is 0 Å². The summed E-state index contributed by atoms with van der Waals surface area (Å²) in [6.45, 7) is 2.46. The van der Waals surface area contributed by atoms with E-state index in [9.17, 15) is 18.6 Å². The molecule has 2 rings (SSSR count). The maximum absolute atomic E-state index is 12.7. The summed E-state index contributed by atoms with van der Waals surface area (Å²) in [5, 5.41) is 9.02. The van der Waals surface area contributed by atoms with Crippen LogP contribution in [0.2, 0.25) is 0 Å². The number of carbonyl (C=O) groups excluding carboxylic acids is 2. The molecule has 0 saturated carbocycles. The Morgan fingerprint density at radius 3 is 2.42 bits per heavy atom. The number of carbonyl (C=O) groups is 3. The Kier molecular flexibility index (Phi) is 6.90. The third-order valence-corrected chi connectivity index (χ3v) is 5.91. The van der Waals surface area contributed by atoms with Crippen molar-refractivity contribution >= 4 is 28.6 Å². The van der Waals surface area contributed by atoms with Crippen LogP contribution in [0.1, 0.15) is 30.1 Å². The minimum Gasteiger partial charge on any atom is -0.481 e. The first-order valence-electron chi connectivity index (χ1n) is 8.58. The van der Waals surface area contributed by atoms with Gasteiger partial charge in [0, 0.05) is 25.9 Å². The summed E-state index contributed by atoms with van der Waals surface area (Å²) < 4.78 is 12.1. The number of hydrogen-bond acceptors (Lipinski definition) is 4. The minimum absolute atomic E-state index is 0.0936. The zero-order chi connectivity index (χ0) is 19.3. The molecule has 142 valence electrons. The lowest BCUT2D eigenvalue weighted by atomic mass is 9.97. The van der Waals surface area contributed by atoms with E-state index in [0.29, 0.717) is 42.1 Å². The molecule has 26 heavy (non-hydrogen) atoms. The third kappa shape index (κ3) is 4.69. The van der Waals surface area contributed by atoms with Gasteiger partial charge in [0.1, 0.15) is 0 Å². The van der Waals surface area contributed by atoms with Gasteiger partial charge >= 0.3 is 5.97 Å². The molecule has 2 amide bonds. The van der Waals surface area contributed by atoms with Crippen molar-refractivity contribution in [3.63, 3.8) is 0 Å². The van der Waals surface area contributed by atoms with Gasteiger partial charge in [-0.15, -0.1) is 0 Å². The minimum atomic E-state index is -1.26. The van der Waals surface area contributed by atoms with E-state index in [1.54, 1.807) is 36.1 Å². The number of piperidine rings is 1. The maximum atomic E-state index is 12.7. The van der Waals surface area contributed by atoms with Crippen LogP contribution in [0.25, 0.3) is 0 Å². The summed E-state index contributed by atoms with van der Waals surface area (Å²) in [5.41, 5.74) is 0.340. The fourth-order valence-electron chi connectivity index (χ4n) is 2.95. The van der Waals surface area contributed by atoms with E-state index in [1.807, 2.05) is 0 Å². The Labute approximate surface area is 155 Å². The first-order chi connectivity index (χ1) is 12.3. The number of carboxylic acids is 1. The molecule has 8 heteroatoms. The lowest BCUT2D eigenvalue weighted by molar-refractivity contribution is -0.145. The first kappa shape index (κ1) is 20.1. The van der Waals surface area contributed by atoms with E-state index in [1.165, 1.54) is 11.9 Å². The van der Waals surface area contributed by atoms with E-state index in [2.05, 4.69) is 0 Å². The van der Waals surface area contributed by atoms with Crippen LogP contribution in [0.3, 0.4) is 0 Å². The van der Waals surface area contributed by atoms with Gasteiger partial charge < -0.3 is 14.9 Å². The summed E-state index contributed by atoms with van der Waals surface area (Å²) in [7, 11) is 0.275. The van der Waals surface area contributed by atoms with Crippen molar-refractivity contribution in [3.05, 3.63) is 29.8 Å². The number of benzene rings is 1. The maximum Gasteiger partial charge on any atom is 0.306 e. The number of nitrogens with zero attached hydrogens (tertiary/aromatic N) is 2. The van der Waals surface area contributed by atoms with Crippen LogP contribution in [-0.2, 0) is 20.4 Å². The fraction of sp³-hybridized carbons (Fsp3) is 0.500. The molecule has 0 radical (unpaired) electrons. The molecule has 7 nitrogen and oxygen atoms in total. The molecular weight excluding hydrogens is 356 g/mol. The van der Waals surface area contributed by atoms with Gasteiger partial charge in [0.05, 0.1) is 33.7 Å². The molecule has 1 aliphatic rings. The molecule has 1 aromatic rings. The lowest BCUT2D eigenvalue weighted by Crippen LogP contribution is -2.45. The van der Waals surface area contributed by atoms with Gasteiger partial charge in [-0.1, -0.05) is 19.1 Å². The molecule has 1 fully saturated rings. The van der Waals surface area contributed by atoms with E-state index in [-0.39, 0.29) is 18.4 Å². The van der Waals surface area contributed by atoms with Crippen molar-refractivity contribution in [3.8, 4) is 0 Å². The highest BCUT2D eigenvalue weighted by atomic mass is 32.2. The highest BCUT2D eigenvalue weighted by molar-refractivity contribution is 7.85. The molecule has 0 bridgehead atoms. The molecule has 1 saturated heterocycles. The summed E-state index contributed by atoms with van der Waals surface area (Å²) in [6, 6.07) is 6.72. The molecule has 0 spiro atoms. The highest BCUT2D eigenvalue weighted by Crippen LogP contribution is 2.19. The standard InChI is InChI=1S/C18H24N2O5S/c1-3-26(25)15-7-5-4-6-14(15)17(22)19(2)12-16(21)20-10-8-13(9-11-20)18(23)24/h4-7,13H,3,8-12H2,1-2H3,(H,23,24). The Bertz CT molecular complexity index is 713. The Morgan fingerprint density at radius 2 is 1.85 bits per heavy atom. The van der Waals surface area contributed by atoms with Gasteiger partial charge in [0.25, 0.3) is 5.91 Å². The Morgan fingerprint density at radius 1 is 1.23 bits per heavy atom. The quantitative estimate of drug-likeness (QED) is 0.800.